The highest BCUT2D eigenvalue weighted by molar-refractivity contribution is 5.75. The Balaban J connectivity index is 0. The van der Waals surface area contributed by atoms with Gasteiger partial charge in [0.2, 0.25) is 0 Å². The average Bonchev–Trinajstić information content (AvgIpc) is 2.41. The van der Waals surface area contributed by atoms with Crippen molar-refractivity contribution in [3.8, 4) is 0 Å². The number of piperidine rings is 1. The summed E-state index contributed by atoms with van der Waals surface area (Å²) in [5.74, 6) is 0.210. The zero-order chi connectivity index (χ0) is 14.4. The number of likely N-dealkylation sites (tertiary alicyclic amines) is 1. The van der Waals surface area contributed by atoms with Gasteiger partial charge in [0.15, 0.2) is 0 Å². The van der Waals surface area contributed by atoms with Gasteiger partial charge in [-0.05, 0) is 33.4 Å². The van der Waals surface area contributed by atoms with E-state index < -0.39 is 0 Å². The van der Waals surface area contributed by atoms with Crippen molar-refractivity contribution in [2.24, 2.45) is 0 Å². The van der Waals surface area contributed by atoms with Gasteiger partial charge in [-0.15, -0.1) is 0 Å². The first kappa shape index (κ1) is 19.9. The zero-order valence-corrected chi connectivity index (χ0v) is 13.3. The summed E-state index contributed by atoms with van der Waals surface area (Å²) in [4.78, 5) is 13.0. The molecule has 1 fully saturated rings. The van der Waals surface area contributed by atoms with Crippen LogP contribution in [0.25, 0.3) is 0 Å². The number of hydrogen-bond donors (Lipinski definition) is 0. The molecule has 0 bridgehead atoms. The van der Waals surface area contributed by atoms with E-state index in [0.29, 0.717) is 19.1 Å². The average molecular weight is 259 g/mol. The molecule has 0 aromatic rings. The Kier molecular flexibility index (Phi) is 16.2. The van der Waals surface area contributed by atoms with Crippen LogP contribution in [0, 0.1) is 0 Å². The third kappa shape index (κ3) is 10.7. The molecule has 0 spiro atoms. The molecule has 1 unspecified atom stereocenters. The van der Waals surface area contributed by atoms with Crippen molar-refractivity contribution in [3.63, 3.8) is 0 Å². The minimum atomic E-state index is 0.210. The molecule has 3 heteroatoms. The van der Waals surface area contributed by atoms with Crippen molar-refractivity contribution in [1.29, 1.82) is 0 Å². The van der Waals surface area contributed by atoms with Crippen LogP contribution in [0.15, 0.2) is 0 Å². The number of carbonyl (C=O) groups is 1. The van der Waals surface area contributed by atoms with Gasteiger partial charge < -0.3 is 9.64 Å². The summed E-state index contributed by atoms with van der Waals surface area (Å²) in [6, 6.07) is 0.565. The number of nitrogens with zero attached hydrogens (tertiary/aromatic N) is 1. The molecule has 0 amide bonds. The van der Waals surface area contributed by atoms with Crippen molar-refractivity contribution in [1.82, 2.24) is 4.90 Å². The van der Waals surface area contributed by atoms with Gasteiger partial charge in [-0.2, -0.15) is 0 Å². The van der Waals surface area contributed by atoms with Gasteiger partial charge in [0.25, 0.3) is 0 Å². The smallest absolute Gasteiger partial charge is 0.132 e. The number of hydrogen-bond acceptors (Lipinski definition) is 3. The van der Waals surface area contributed by atoms with E-state index in [1.807, 2.05) is 27.7 Å². The number of Topliss-reactive ketones (excluding diaryl/α,β-unsaturated/α-hetero) is 1. The first-order chi connectivity index (χ1) is 8.70. The van der Waals surface area contributed by atoms with Crippen LogP contribution in [0.2, 0.25) is 0 Å². The summed E-state index contributed by atoms with van der Waals surface area (Å²) < 4.78 is 5.49. The van der Waals surface area contributed by atoms with Gasteiger partial charge in [-0.25, -0.2) is 0 Å². The van der Waals surface area contributed by atoms with Gasteiger partial charge in [-0.3, -0.25) is 4.79 Å². The van der Waals surface area contributed by atoms with Crippen LogP contribution in [-0.2, 0) is 9.53 Å². The number of ether oxygens (including phenoxy) is 1. The third-order valence-electron chi connectivity index (χ3n) is 2.83. The lowest BCUT2D eigenvalue weighted by molar-refractivity contribution is -0.118. The Labute approximate surface area is 114 Å². The lowest BCUT2D eigenvalue weighted by Crippen LogP contribution is -2.39. The molecule has 1 rings (SSSR count). The molecule has 1 saturated heterocycles. The molecule has 0 radical (unpaired) electrons. The summed E-state index contributed by atoms with van der Waals surface area (Å²) in [6.45, 7) is 12.2. The van der Waals surface area contributed by atoms with Crippen LogP contribution < -0.4 is 0 Å². The maximum atomic E-state index is 10.7. The predicted octanol–water partition coefficient (Wildman–Crippen LogP) is 3.52. The van der Waals surface area contributed by atoms with Gasteiger partial charge in [0.05, 0.1) is 13.2 Å². The Morgan fingerprint density at radius 1 is 1.22 bits per heavy atom. The Bertz CT molecular complexity index is 183. The zero-order valence-electron chi connectivity index (χ0n) is 13.3. The maximum absolute atomic E-state index is 10.7. The molecule has 1 aliphatic heterocycles. The quantitative estimate of drug-likeness (QED) is 0.708. The molecule has 0 N–H and O–H groups in total. The summed E-state index contributed by atoms with van der Waals surface area (Å²) in [7, 11) is 2.15. The largest absolute Gasteiger partial charge is 0.379 e. The number of likely N-dealkylation sites (N-methyl/N-ethyl adjacent to an activating group) is 1. The van der Waals surface area contributed by atoms with E-state index >= 15 is 0 Å². The van der Waals surface area contributed by atoms with E-state index in [0.717, 1.165) is 6.61 Å². The second-order valence-corrected chi connectivity index (χ2v) is 4.16. The Hall–Kier alpha value is -0.410. The second-order valence-electron chi connectivity index (χ2n) is 4.16. The molecule has 0 aromatic carbocycles. The van der Waals surface area contributed by atoms with Gasteiger partial charge >= 0.3 is 0 Å². The Morgan fingerprint density at radius 2 is 1.83 bits per heavy atom. The number of carbonyl (C=O) groups excluding carboxylic acids is 1. The van der Waals surface area contributed by atoms with E-state index in [9.17, 15) is 4.79 Å². The monoisotopic (exact) mass is 259 g/mol. The normalized spacial score (nSPS) is 19.1. The van der Waals surface area contributed by atoms with E-state index in [2.05, 4.69) is 11.9 Å². The SMILES string of the molecule is CC.CC.CC(=O)CCOCC1CCCCN1C. The van der Waals surface area contributed by atoms with Crippen LogP contribution in [0.3, 0.4) is 0 Å². The first-order valence-electron chi connectivity index (χ1n) is 7.47. The van der Waals surface area contributed by atoms with Gasteiger partial charge in [0.1, 0.15) is 5.78 Å². The molecule has 110 valence electrons. The summed E-state index contributed by atoms with van der Waals surface area (Å²) >= 11 is 0. The summed E-state index contributed by atoms with van der Waals surface area (Å²) in [5.41, 5.74) is 0. The van der Waals surface area contributed by atoms with E-state index in [4.69, 9.17) is 4.74 Å². The fourth-order valence-electron chi connectivity index (χ4n) is 1.79. The summed E-state index contributed by atoms with van der Waals surface area (Å²) in [6.07, 6.45) is 4.40. The third-order valence-corrected chi connectivity index (χ3v) is 2.83. The molecule has 1 heterocycles. The van der Waals surface area contributed by atoms with Crippen LogP contribution in [0.5, 0.6) is 0 Å². The van der Waals surface area contributed by atoms with Crippen molar-refractivity contribution in [2.75, 3.05) is 26.8 Å². The Morgan fingerprint density at radius 3 is 2.33 bits per heavy atom. The van der Waals surface area contributed by atoms with E-state index in [1.54, 1.807) is 6.92 Å². The lowest BCUT2D eigenvalue weighted by Gasteiger charge is -2.32. The minimum absolute atomic E-state index is 0.210. The van der Waals surface area contributed by atoms with Crippen LogP contribution >= 0.6 is 0 Å². The highest BCUT2D eigenvalue weighted by Crippen LogP contribution is 2.14. The molecule has 3 nitrogen and oxygen atoms in total. The highest BCUT2D eigenvalue weighted by atomic mass is 16.5. The minimum Gasteiger partial charge on any atom is -0.379 e. The van der Waals surface area contributed by atoms with Crippen molar-refractivity contribution >= 4 is 5.78 Å². The van der Waals surface area contributed by atoms with Crippen molar-refractivity contribution in [3.05, 3.63) is 0 Å². The molecule has 18 heavy (non-hydrogen) atoms. The standard InChI is InChI=1S/C11H21NO2.2C2H6/c1-10(13)6-8-14-9-11-5-3-4-7-12(11)2;2*1-2/h11H,3-9H2,1-2H3;2*1-2H3. The highest BCUT2D eigenvalue weighted by Gasteiger charge is 2.18. The molecule has 1 aliphatic rings. The van der Waals surface area contributed by atoms with Crippen LogP contribution in [0.4, 0.5) is 0 Å². The van der Waals surface area contributed by atoms with Gasteiger partial charge in [0, 0.05) is 12.5 Å². The predicted molar refractivity (Wildman–Crippen MR) is 79.1 cm³/mol. The second kappa shape index (κ2) is 14.7. The van der Waals surface area contributed by atoms with Gasteiger partial charge in [-0.1, -0.05) is 34.1 Å². The van der Waals surface area contributed by atoms with Crippen LogP contribution in [0.1, 0.15) is 60.3 Å². The van der Waals surface area contributed by atoms with E-state index in [-0.39, 0.29) is 5.78 Å². The van der Waals surface area contributed by atoms with Crippen molar-refractivity contribution < 1.29 is 9.53 Å². The molecular weight excluding hydrogens is 226 g/mol. The lowest BCUT2D eigenvalue weighted by atomic mass is 10.0. The van der Waals surface area contributed by atoms with Crippen molar-refractivity contribution in [2.45, 2.75) is 66.3 Å². The topological polar surface area (TPSA) is 29.5 Å². The fourth-order valence-corrected chi connectivity index (χ4v) is 1.79. The molecule has 1 atom stereocenters. The molecular formula is C15H33NO2. The molecule has 0 saturated carbocycles. The number of ketones is 1. The summed E-state index contributed by atoms with van der Waals surface area (Å²) in [5, 5.41) is 0. The maximum Gasteiger partial charge on any atom is 0.132 e. The molecule has 0 aromatic heterocycles. The fraction of sp³-hybridized carbons (Fsp3) is 0.933. The van der Waals surface area contributed by atoms with Crippen LogP contribution in [-0.4, -0.2) is 43.5 Å². The van der Waals surface area contributed by atoms with E-state index in [1.165, 1.54) is 25.8 Å². The first-order valence-corrected chi connectivity index (χ1v) is 7.47. The number of rotatable bonds is 5. The molecule has 0 aliphatic carbocycles.